The first-order valence-corrected chi connectivity index (χ1v) is 9.78. The fourth-order valence-electron chi connectivity index (χ4n) is 5.72. The van der Waals surface area contributed by atoms with Gasteiger partial charge in [0.25, 0.3) is 0 Å². The number of carbonyl (C=O) groups excluding carboxylic acids is 1. The summed E-state index contributed by atoms with van der Waals surface area (Å²) in [5.41, 5.74) is 2.18. The Morgan fingerprint density at radius 3 is 2.77 bits per heavy atom. The number of hydrogen-bond donors (Lipinski definition) is 2. The van der Waals surface area contributed by atoms with E-state index in [2.05, 4.69) is 6.92 Å². The van der Waals surface area contributed by atoms with E-state index < -0.39 is 5.97 Å². The molecular formula is C22H30O4. The van der Waals surface area contributed by atoms with Gasteiger partial charge in [-0.1, -0.05) is 19.9 Å². The highest BCUT2D eigenvalue weighted by Crippen LogP contribution is 2.59. The van der Waals surface area contributed by atoms with Crippen LogP contribution in [0.5, 0.6) is 5.75 Å². The Kier molecular flexibility index (Phi) is 5.14. The van der Waals surface area contributed by atoms with Crippen LogP contribution in [0.2, 0.25) is 0 Å². The zero-order valence-corrected chi connectivity index (χ0v) is 16.0. The van der Waals surface area contributed by atoms with Crippen molar-refractivity contribution in [1.82, 2.24) is 0 Å². The maximum atomic E-state index is 12.7. The van der Waals surface area contributed by atoms with Gasteiger partial charge in [0.1, 0.15) is 11.5 Å². The van der Waals surface area contributed by atoms with Crippen LogP contribution in [0.1, 0.15) is 57.1 Å². The van der Waals surface area contributed by atoms with Crippen LogP contribution < -0.4 is 0 Å². The number of carboxylic acid groups (broad SMARTS) is 1. The van der Waals surface area contributed by atoms with E-state index >= 15 is 0 Å². The molecule has 5 atom stereocenters. The molecule has 142 valence electrons. The summed E-state index contributed by atoms with van der Waals surface area (Å²) in [6.07, 6.45) is 4.82. The Morgan fingerprint density at radius 2 is 2.08 bits per heavy atom. The lowest BCUT2D eigenvalue weighted by molar-refractivity contribution is -0.146. The molecule has 2 saturated carbocycles. The molecule has 26 heavy (non-hydrogen) atoms. The van der Waals surface area contributed by atoms with Gasteiger partial charge in [-0.05, 0) is 79.5 Å². The van der Waals surface area contributed by atoms with Crippen LogP contribution in [0.25, 0.3) is 0 Å². The first-order chi connectivity index (χ1) is 12.2. The van der Waals surface area contributed by atoms with Crippen molar-refractivity contribution < 1.29 is 19.8 Å². The average molecular weight is 358 g/mol. The van der Waals surface area contributed by atoms with E-state index in [0.29, 0.717) is 12.2 Å². The smallest absolute Gasteiger partial charge is 0.306 e. The van der Waals surface area contributed by atoms with Gasteiger partial charge in [-0.15, -0.1) is 0 Å². The predicted octanol–water partition coefficient (Wildman–Crippen LogP) is 4.37. The van der Waals surface area contributed by atoms with Crippen LogP contribution in [0.15, 0.2) is 18.2 Å². The van der Waals surface area contributed by atoms with E-state index in [9.17, 15) is 19.8 Å². The summed E-state index contributed by atoms with van der Waals surface area (Å²) >= 11 is 0. The zero-order valence-electron chi connectivity index (χ0n) is 16.0. The second kappa shape index (κ2) is 7.05. The van der Waals surface area contributed by atoms with Crippen LogP contribution in [0, 0.1) is 36.0 Å². The second-order valence-corrected chi connectivity index (χ2v) is 8.65. The molecule has 2 aliphatic rings. The number of aryl methyl sites for hydroxylation is 2. The van der Waals surface area contributed by atoms with Crippen LogP contribution in [-0.2, 0) is 16.0 Å². The Balaban J connectivity index is 1.78. The molecule has 4 nitrogen and oxygen atoms in total. The molecular weight excluding hydrogens is 328 g/mol. The lowest BCUT2D eigenvalue weighted by Gasteiger charge is -2.45. The number of fused-ring (bicyclic) bond motifs is 1. The van der Waals surface area contributed by atoms with Crippen molar-refractivity contribution in [2.24, 2.45) is 29.1 Å². The highest BCUT2D eigenvalue weighted by molar-refractivity contribution is 5.82. The number of rotatable bonds is 5. The number of aliphatic carboxylic acids is 1. The zero-order chi connectivity index (χ0) is 19.1. The molecule has 0 amide bonds. The monoisotopic (exact) mass is 358 g/mol. The van der Waals surface area contributed by atoms with Gasteiger partial charge in [-0.3, -0.25) is 9.59 Å². The third-order valence-corrected chi connectivity index (χ3v) is 7.34. The molecule has 1 unspecified atom stereocenters. The number of Topliss-reactive ketones (excluding diaryl/α,β-unsaturated/α-hetero) is 1. The fraction of sp³-hybridized carbons (Fsp3) is 0.636. The van der Waals surface area contributed by atoms with Crippen molar-refractivity contribution in [3.05, 3.63) is 29.3 Å². The first kappa shape index (κ1) is 18.9. The van der Waals surface area contributed by atoms with Crippen molar-refractivity contribution in [2.45, 2.75) is 59.3 Å². The summed E-state index contributed by atoms with van der Waals surface area (Å²) < 4.78 is 0. The predicted molar refractivity (Wildman–Crippen MR) is 100 cm³/mol. The Bertz CT molecular complexity index is 710. The number of carboxylic acids is 1. The number of benzene rings is 1. The van der Waals surface area contributed by atoms with Gasteiger partial charge in [0.05, 0.1) is 5.92 Å². The van der Waals surface area contributed by atoms with Gasteiger partial charge in [0.15, 0.2) is 0 Å². The highest BCUT2D eigenvalue weighted by Gasteiger charge is 2.55. The Labute approximate surface area is 155 Å². The molecule has 2 N–H and O–H groups in total. The topological polar surface area (TPSA) is 74.6 Å². The number of phenols is 1. The average Bonchev–Trinajstić information content (AvgIpc) is 2.94. The van der Waals surface area contributed by atoms with Crippen molar-refractivity contribution in [1.29, 1.82) is 0 Å². The third-order valence-electron chi connectivity index (χ3n) is 7.34. The summed E-state index contributed by atoms with van der Waals surface area (Å²) in [5, 5.41) is 19.2. The van der Waals surface area contributed by atoms with Crippen molar-refractivity contribution in [3.63, 3.8) is 0 Å². The molecule has 2 aliphatic carbocycles. The van der Waals surface area contributed by atoms with E-state index in [1.807, 2.05) is 19.9 Å². The molecule has 0 bridgehead atoms. The van der Waals surface area contributed by atoms with E-state index in [0.717, 1.165) is 43.2 Å². The van der Waals surface area contributed by atoms with Gasteiger partial charge >= 0.3 is 5.97 Å². The van der Waals surface area contributed by atoms with Gasteiger partial charge in [-0.2, -0.15) is 0 Å². The molecule has 0 heterocycles. The molecule has 0 aromatic heterocycles. The molecule has 1 aromatic carbocycles. The lowest BCUT2D eigenvalue weighted by Crippen LogP contribution is -2.44. The number of ketones is 1. The van der Waals surface area contributed by atoms with E-state index in [1.54, 1.807) is 12.1 Å². The molecule has 1 aromatic rings. The normalized spacial score (nSPS) is 32.3. The van der Waals surface area contributed by atoms with Gasteiger partial charge in [0, 0.05) is 12.3 Å². The summed E-state index contributed by atoms with van der Waals surface area (Å²) in [5.74, 6) is -0.0128. The number of hydrogen-bond acceptors (Lipinski definition) is 3. The third kappa shape index (κ3) is 3.26. The minimum Gasteiger partial charge on any atom is -0.508 e. The van der Waals surface area contributed by atoms with E-state index in [4.69, 9.17) is 0 Å². The van der Waals surface area contributed by atoms with E-state index in [-0.39, 0.29) is 34.8 Å². The van der Waals surface area contributed by atoms with Crippen LogP contribution in [0.4, 0.5) is 0 Å². The lowest BCUT2D eigenvalue weighted by atomic mass is 9.58. The van der Waals surface area contributed by atoms with Gasteiger partial charge < -0.3 is 10.2 Å². The van der Waals surface area contributed by atoms with Crippen LogP contribution >= 0.6 is 0 Å². The molecule has 0 spiro atoms. The summed E-state index contributed by atoms with van der Waals surface area (Å²) in [6.45, 7) is 6.07. The maximum absolute atomic E-state index is 12.7. The minimum absolute atomic E-state index is 0.0153. The number of carbonyl (C=O) groups is 2. The fourth-order valence-corrected chi connectivity index (χ4v) is 5.72. The first-order valence-electron chi connectivity index (χ1n) is 9.78. The van der Waals surface area contributed by atoms with Crippen molar-refractivity contribution in [3.8, 4) is 5.75 Å². The molecule has 0 radical (unpaired) electrons. The largest absolute Gasteiger partial charge is 0.508 e. The summed E-state index contributed by atoms with van der Waals surface area (Å²) in [7, 11) is 0. The number of aromatic hydroxyl groups is 1. The summed E-state index contributed by atoms with van der Waals surface area (Å²) in [6, 6.07) is 5.40. The maximum Gasteiger partial charge on any atom is 0.306 e. The molecule has 3 rings (SSSR count). The minimum atomic E-state index is -0.722. The Hall–Kier alpha value is -1.84. The SMILES string of the molecule is Cc1ccc(O)cc1CC[C@@H]1C(=O)CC[C@]2(C)[C@@H](C(C)C(=O)O)CC[C@@H]12. The van der Waals surface area contributed by atoms with Crippen LogP contribution in [-0.4, -0.2) is 22.0 Å². The standard InChI is InChI=1S/C22H30O4/c1-13-4-6-16(23)12-15(13)5-7-17-19-9-8-18(14(2)21(25)26)22(19,3)11-10-20(17)24/h4,6,12,14,17-19,23H,5,7-11H2,1-3H3,(H,25,26)/t14?,17-,18+,19-,22+/m0/s1. The van der Waals surface area contributed by atoms with Crippen molar-refractivity contribution >= 4 is 11.8 Å². The highest BCUT2D eigenvalue weighted by atomic mass is 16.4. The number of phenolic OH excluding ortho intramolecular Hbond substituents is 1. The second-order valence-electron chi connectivity index (χ2n) is 8.65. The van der Waals surface area contributed by atoms with Crippen molar-refractivity contribution in [2.75, 3.05) is 0 Å². The molecule has 2 fully saturated rings. The van der Waals surface area contributed by atoms with Crippen LogP contribution in [0.3, 0.4) is 0 Å². The van der Waals surface area contributed by atoms with Gasteiger partial charge in [0.2, 0.25) is 0 Å². The quantitative estimate of drug-likeness (QED) is 0.820. The summed E-state index contributed by atoms with van der Waals surface area (Å²) in [4.78, 5) is 24.2. The van der Waals surface area contributed by atoms with E-state index in [1.165, 1.54) is 0 Å². The molecule has 4 heteroatoms. The molecule has 0 saturated heterocycles. The van der Waals surface area contributed by atoms with Gasteiger partial charge in [-0.25, -0.2) is 0 Å². The molecule has 0 aliphatic heterocycles. The Morgan fingerprint density at radius 1 is 1.35 bits per heavy atom.